The maximum Gasteiger partial charge on any atom is 0.225 e. The van der Waals surface area contributed by atoms with E-state index >= 15 is 0 Å². The number of aryl methyl sites for hydroxylation is 2. The molecule has 25 heavy (non-hydrogen) atoms. The Balaban J connectivity index is 1.84. The van der Waals surface area contributed by atoms with Crippen LogP contribution >= 0.6 is 0 Å². The van der Waals surface area contributed by atoms with Crippen molar-refractivity contribution >= 4 is 5.91 Å². The highest BCUT2D eigenvalue weighted by Crippen LogP contribution is 2.21. The lowest BCUT2D eigenvalue weighted by Gasteiger charge is -2.32. The summed E-state index contributed by atoms with van der Waals surface area (Å²) in [5.41, 5.74) is 7.47. The number of nitrogens with zero attached hydrogens (tertiary/aromatic N) is 4. The van der Waals surface area contributed by atoms with Crippen molar-refractivity contribution in [1.29, 1.82) is 0 Å². The van der Waals surface area contributed by atoms with Gasteiger partial charge in [0.1, 0.15) is 5.82 Å². The van der Waals surface area contributed by atoms with Crippen LogP contribution in [-0.4, -0.2) is 45.2 Å². The molecule has 134 valence electrons. The Labute approximate surface area is 149 Å². The van der Waals surface area contributed by atoms with Crippen LogP contribution in [0.15, 0.2) is 24.3 Å². The molecule has 2 N–H and O–H groups in total. The van der Waals surface area contributed by atoms with Crippen molar-refractivity contribution in [3.63, 3.8) is 0 Å². The molecule has 1 aliphatic rings. The second-order valence-corrected chi connectivity index (χ2v) is 6.95. The quantitative estimate of drug-likeness (QED) is 0.872. The third-order valence-corrected chi connectivity index (χ3v) is 5.02. The zero-order chi connectivity index (χ0) is 17.8. The molecule has 1 aromatic heterocycles. The Morgan fingerprint density at radius 2 is 2.12 bits per heavy atom. The van der Waals surface area contributed by atoms with Gasteiger partial charge < -0.3 is 10.6 Å². The number of aromatic nitrogens is 3. The van der Waals surface area contributed by atoms with Gasteiger partial charge in [-0.15, -0.1) is 0 Å². The first-order valence-corrected chi connectivity index (χ1v) is 9.04. The fourth-order valence-corrected chi connectivity index (χ4v) is 3.58. The summed E-state index contributed by atoms with van der Waals surface area (Å²) in [6, 6.07) is 8.70. The molecule has 1 saturated heterocycles. The largest absolute Gasteiger partial charge is 0.369 e. The molecule has 2 aromatic rings. The van der Waals surface area contributed by atoms with Crippen LogP contribution in [-0.2, 0) is 17.6 Å². The summed E-state index contributed by atoms with van der Waals surface area (Å²) in [5, 5.41) is 4.56. The highest BCUT2D eigenvalue weighted by Gasteiger charge is 2.21. The molecule has 6 heteroatoms. The standard InChI is InChI=1S/C19H27N5O/c1-14-7-3-4-9-16(14)24-19(21-18(22-24)13-17(20)25)11-10-15-8-5-6-12-23(15)2/h3-4,7,9,15H,5-6,8,10-13H2,1-2H3,(H2,20,25)/t15-/m0/s1. The number of rotatable bonds is 6. The number of primary amides is 1. The lowest BCUT2D eigenvalue weighted by molar-refractivity contribution is -0.117. The van der Waals surface area contributed by atoms with E-state index in [1.54, 1.807) is 0 Å². The Bertz CT molecular complexity index is 739. The van der Waals surface area contributed by atoms with Gasteiger partial charge in [-0.3, -0.25) is 4.79 Å². The van der Waals surface area contributed by atoms with Gasteiger partial charge in [-0.1, -0.05) is 24.6 Å². The molecule has 0 radical (unpaired) electrons. The molecule has 0 unspecified atom stereocenters. The first kappa shape index (κ1) is 17.6. The Morgan fingerprint density at radius 3 is 2.84 bits per heavy atom. The number of likely N-dealkylation sites (tertiary alicyclic amines) is 1. The van der Waals surface area contributed by atoms with E-state index in [0.29, 0.717) is 11.9 Å². The van der Waals surface area contributed by atoms with Crippen LogP contribution in [0.1, 0.15) is 42.9 Å². The first-order valence-electron chi connectivity index (χ1n) is 9.04. The van der Waals surface area contributed by atoms with Crippen LogP contribution in [0.5, 0.6) is 0 Å². The minimum Gasteiger partial charge on any atom is -0.369 e. The number of hydrogen-bond donors (Lipinski definition) is 1. The van der Waals surface area contributed by atoms with Crippen LogP contribution in [0.25, 0.3) is 5.69 Å². The predicted octanol–water partition coefficient (Wildman–Crippen LogP) is 2.02. The minimum atomic E-state index is -0.402. The van der Waals surface area contributed by atoms with Crippen molar-refractivity contribution in [1.82, 2.24) is 19.7 Å². The third kappa shape index (κ3) is 4.25. The number of piperidine rings is 1. The van der Waals surface area contributed by atoms with Gasteiger partial charge in [0.25, 0.3) is 0 Å². The Morgan fingerprint density at radius 1 is 1.32 bits per heavy atom. The fraction of sp³-hybridized carbons (Fsp3) is 0.526. The van der Waals surface area contributed by atoms with E-state index in [0.717, 1.165) is 29.9 Å². The summed E-state index contributed by atoms with van der Waals surface area (Å²) in [4.78, 5) is 18.3. The number of benzene rings is 1. The normalized spacial score (nSPS) is 18.4. The van der Waals surface area contributed by atoms with Gasteiger partial charge in [0.15, 0.2) is 5.82 Å². The number of carbonyl (C=O) groups excluding carboxylic acids is 1. The van der Waals surface area contributed by atoms with E-state index in [1.165, 1.54) is 25.8 Å². The first-order chi connectivity index (χ1) is 12.0. The molecule has 3 rings (SSSR count). The molecule has 1 aromatic carbocycles. The number of hydrogen-bond acceptors (Lipinski definition) is 4. The van der Waals surface area contributed by atoms with Crippen molar-refractivity contribution in [3.8, 4) is 5.69 Å². The lowest BCUT2D eigenvalue weighted by Crippen LogP contribution is -2.36. The third-order valence-electron chi connectivity index (χ3n) is 5.02. The topological polar surface area (TPSA) is 77.0 Å². The number of carbonyl (C=O) groups is 1. The van der Waals surface area contributed by atoms with E-state index in [1.807, 2.05) is 22.9 Å². The molecule has 0 spiro atoms. The summed E-state index contributed by atoms with van der Waals surface area (Å²) in [6.45, 7) is 3.23. The van der Waals surface area contributed by atoms with Gasteiger partial charge in [0.2, 0.25) is 5.91 Å². The van der Waals surface area contributed by atoms with Crippen LogP contribution in [0, 0.1) is 6.92 Å². The average molecular weight is 341 g/mol. The van der Waals surface area contributed by atoms with Gasteiger partial charge in [-0.05, 0) is 51.4 Å². The van der Waals surface area contributed by atoms with E-state index in [2.05, 4.69) is 35.0 Å². The van der Waals surface area contributed by atoms with E-state index in [9.17, 15) is 4.79 Å². The molecule has 0 aliphatic carbocycles. The highest BCUT2D eigenvalue weighted by molar-refractivity contribution is 5.75. The molecular formula is C19H27N5O. The van der Waals surface area contributed by atoms with E-state index in [-0.39, 0.29) is 6.42 Å². The van der Waals surface area contributed by atoms with Crippen LogP contribution in [0.4, 0.5) is 0 Å². The van der Waals surface area contributed by atoms with E-state index < -0.39 is 5.91 Å². The monoisotopic (exact) mass is 341 g/mol. The minimum absolute atomic E-state index is 0.0786. The van der Waals surface area contributed by atoms with Crippen molar-refractivity contribution in [2.45, 2.75) is 51.5 Å². The zero-order valence-electron chi connectivity index (χ0n) is 15.1. The molecular weight excluding hydrogens is 314 g/mol. The van der Waals surface area contributed by atoms with Crippen LogP contribution in [0.2, 0.25) is 0 Å². The second kappa shape index (κ2) is 7.78. The molecule has 0 bridgehead atoms. The number of para-hydroxylation sites is 1. The molecule has 1 atom stereocenters. The van der Waals surface area contributed by atoms with Crippen LogP contribution in [0.3, 0.4) is 0 Å². The smallest absolute Gasteiger partial charge is 0.225 e. The highest BCUT2D eigenvalue weighted by atomic mass is 16.1. The predicted molar refractivity (Wildman–Crippen MR) is 97.6 cm³/mol. The van der Waals surface area contributed by atoms with E-state index in [4.69, 9.17) is 5.73 Å². The molecule has 6 nitrogen and oxygen atoms in total. The van der Waals surface area contributed by atoms with Crippen LogP contribution < -0.4 is 5.73 Å². The second-order valence-electron chi connectivity index (χ2n) is 6.95. The summed E-state index contributed by atoms with van der Waals surface area (Å²) in [5.74, 6) is 1.01. The fourth-order valence-electron chi connectivity index (χ4n) is 3.58. The average Bonchev–Trinajstić information content (AvgIpc) is 2.96. The van der Waals surface area contributed by atoms with Crippen molar-refractivity contribution in [2.75, 3.05) is 13.6 Å². The van der Waals surface area contributed by atoms with Gasteiger partial charge >= 0.3 is 0 Å². The van der Waals surface area contributed by atoms with Gasteiger partial charge in [-0.25, -0.2) is 9.67 Å². The lowest BCUT2D eigenvalue weighted by atomic mass is 9.98. The van der Waals surface area contributed by atoms with Crippen molar-refractivity contribution < 1.29 is 4.79 Å². The summed E-state index contributed by atoms with van der Waals surface area (Å²) >= 11 is 0. The molecule has 1 fully saturated rings. The number of amides is 1. The van der Waals surface area contributed by atoms with Gasteiger partial charge in [0, 0.05) is 12.5 Å². The summed E-state index contributed by atoms with van der Waals surface area (Å²) in [7, 11) is 2.20. The molecule has 2 heterocycles. The zero-order valence-corrected chi connectivity index (χ0v) is 15.1. The van der Waals surface area contributed by atoms with Crippen molar-refractivity contribution in [3.05, 3.63) is 41.5 Å². The summed E-state index contributed by atoms with van der Waals surface area (Å²) < 4.78 is 1.89. The Hall–Kier alpha value is -2.21. The molecule has 1 amide bonds. The SMILES string of the molecule is Cc1ccccc1-n1nc(CC(N)=O)nc1CC[C@@H]1CCCCN1C. The van der Waals surface area contributed by atoms with Gasteiger partial charge in [-0.2, -0.15) is 5.10 Å². The maximum absolute atomic E-state index is 11.3. The molecule has 1 aliphatic heterocycles. The summed E-state index contributed by atoms with van der Waals surface area (Å²) in [6.07, 6.45) is 5.80. The maximum atomic E-state index is 11.3. The molecule has 0 saturated carbocycles. The van der Waals surface area contributed by atoms with Crippen molar-refractivity contribution in [2.24, 2.45) is 5.73 Å². The van der Waals surface area contributed by atoms with Gasteiger partial charge in [0.05, 0.1) is 12.1 Å². The number of nitrogens with two attached hydrogens (primary N) is 1. The Kier molecular flexibility index (Phi) is 5.48.